The lowest BCUT2D eigenvalue weighted by Crippen LogP contribution is -2.53. The molecule has 192 valence electrons. The molecule has 9 nitrogen and oxygen atoms in total. The topological polar surface area (TPSA) is 97.8 Å². The number of halogens is 1. The van der Waals surface area contributed by atoms with Gasteiger partial charge in [-0.2, -0.15) is 9.97 Å². The van der Waals surface area contributed by atoms with Crippen molar-refractivity contribution in [2.75, 3.05) is 62.9 Å². The smallest absolute Gasteiger partial charge is 0.319 e. The van der Waals surface area contributed by atoms with E-state index in [0.717, 1.165) is 51.6 Å². The highest BCUT2D eigenvalue weighted by atomic mass is 32.2. The lowest BCUT2D eigenvalue weighted by Gasteiger charge is -2.46. The van der Waals surface area contributed by atoms with E-state index in [9.17, 15) is 12.8 Å². The largest absolute Gasteiger partial charge is 0.463 e. The van der Waals surface area contributed by atoms with Gasteiger partial charge >= 0.3 is 6.01 Å². The van der Waals surface area contributed by atoms with Gasteiger partial charge in [0.25, 0.3) is 0 Å². The Morgan fingerprint density at radius 2 is 2.00 bits per heavy atom. The summed E-state index contributed by atoms with van der Waals surface area (Å²) >= 11 is 0. The van der Waals surface area contributed by atoms with Gasteiger partial charge in [0.2, 0.25) is 0 Å². The zero-order chi connectivity index (χ0) is 24.5. The predicted octanol–water partition coefficient (Wildman–Crippen LogP) is 2.45. The molecule has 2 aliphatic heterocycles. The third-order valence-corrected chi connectivity index (χ3v) is 8.63. The maximum Gasteiger partial charge on any atom is 0.319 e. The maximum absolute atomic E-state index is 14.7. The minimum atomic E-state index is -3.02. The molecule has 0 N–H and O–H groups in total. The van der Waals surface area contributed by atoms with E-state index >= 15 is 0 Å². The van der Waals surface area contributed by atoms with Crippen molar-refractivity contribution in [2.24, 2.45) is 5.41 Å². The third-order valence-electron chi connectivity index (χ3n) is 7.70. The van der Waals surface area contributed by atoms with Crippen molar-refractivity contribution in [3.8, 4) is 6.01 Å². The molecule has 0 aromatic carbocycles. The molecule has 2 atom stereocenters. The van der Waals surface area contributed by atoms with Gasteiger partial charge in [-0.1, -0.05) is 6.42 Å². The molecular weight excluding hydrogens is 473 g/mol. The summed E-state index contributed by atoms with van der Waals surface area (Å²) in [4.78, 5) is 17.6. The molecule has 0 spiro atoms. The number of nitrogens with zero attached hydrogens (tertiary/aromatic N) is 5. The first kappa shape index (κ1) is 24.6. The Morgan fingerprint density at radius 1 is 1.14 bits per heavy atom. The van der Waals surface area contributed by atoms with Crippen LogP contribution in [0.5, 0.6) is 6.01 Å². The van der Waals surface area contributed by atoms with Crippen LogP contribution in [-0.2, 0) is 14.6 Å². The number of rotatable bonds is 7. The number of ether oxygens (including phenoxy) is 2. The minimum Gasteiger partial charge on any atom is -0.463 e. The van der Waals surface area contributed by atoms with E-state index in [2.05, 4.69) is 19.8 Å². The van der Waals surface area contributed by atoms with Gasteiger partial charge in [-0.15, -0.1) is 0 Å². The van der Waals surface area contributed by atoms with E-state index in [1.54, 1.807) is 6.20 Å². The second kappa shape index (κ2) is 10.1. The molecule has 0 bridgehead atoms. The Morgan fingerprint density at radius 3 is 2.86 bits per heavy atom. The molecule has 0 radical (unpaired) electrons. The first-order valence-corrected chi connectivity index (χ1v) is 14.6. The van der Waals surface area contributed by atoms with Gasteiger partial charge < -0.3 is 14.4 Å². The fraction of sp³-hybridized carbons (Fsp3) is 0.708. The average molecular weight is 508 g/mol. The molecule has 2 aromatic heterocycles. The quantitative estimate of drug-likeness (QED) is 0.560. The van der Waals surface area contributed by atoms with Crippen LogP contribution in [0.1, 0.15) is 38.5 Å². The van der Waals surface area contributed by atoms with Crippen molar-refractivity contribution in [1.29, 1.82) is 0 Å². The van der Waals surface area contributed by atoms with Crippen LogP contribution in [0.25, 0.3) is 10.9 Å². The summed E-state index contributed by atoms with van der Waals surface area (Å²) in [6, 6.07) is 0.456. The zero-order valence-corrected chi connectivity index (χ0v) is 21.1. The summed E-state index contributed by atoms with van der Waals surface area (Å²) in [7, 11) is -3.02. The van der Waals surface area contributed by atoms with Gasteiger partial charge in [0, 0.05) is 50.2 Å². The van der Waals surface area contributed by atoms with Crippen LogP contribution in [0.3, 0.4) is 0 Å². The Kier molecular flexibility index (Phi) is 7.09. The molecule has 2 aromatic rings. The highest BCUT2D eigenvalue weighted by Gasteiger charge is 2.48. The van der Waals surface area contributed by atoms with E-state index in [4.69, 9.17) is 14.5 Å². The van der Waals surface area contributed by atoms with Crippen LogP contribution in [-0.4, -0.2) is 92.3 Å². The Bertz CT molecular complexity index is 1160. The van der Waals surface area contributed by atoms with Crippen LogP contribution in [0, 0.1) is 11.2 Å². The fourth-order valence-electron chi connectivity index (χ4n) is 6.01. The monoisotopic (exact) mass is 507 g/mol. The second-order valence-corrected chi connectivity index (χ2v) is 12.4. The van der Waals surface area contributed by atoms with Crippen molar-refractivity contribution in [3.05, 3.63) is 18.2 Å². The summed E-state index contributed by atoms with van der Waals surface area (Å²) in [6.45, 7) is 4.58. The number of anilines is 1. The standard InChI is InChI=1S/C24H34FN5O4S/c1-35(31,32)14-11-29-8-3-7-24(6-2-5-20(24)29)17-34-23-27-21-18(15-26-16-19(21)25)22(28-23)30-9-4-12-33-13-10-30/h15-16,20H,2-14,17H2,1H3/t20-,24-/m1/s1. The number of likely N-dealkylation sites (tertiary alicyclic amines) is 1. The molecule has 3 fully saturated rings. The lowest BCUT2D eigenvalue weighted by atomic mass is 9.75. The van der Waals surface area contributed by atoms with Gasteiger partial charge in [-0.25, -0.2) is 12.8 Å². The van der Waals surface area contributed by atoms with Crippen molar-refractivity contribution in [1.82, 2.24) is 19.9 Å². The zero-order valence-electron chi connectivity index (χ0n) is 20.3. The Labute approximate surface area is 205 Å². The number of hydrogen-bond acceptors (Lipinski definition) is 9. The van der Waals surface area contributed by atoms with E-state index in [0.29, 0.717) is 44.1 Å². The van der Waals surface area contributed by atoms with Crippen LogP contribution >= 0.6 is 0 Å². The highest BCUT2D eigenvalue weighted by Crippen LogP contribution is 2.48. The summed E-state index contributed by atoms with van der Waals surface area (Å²) in [6.07, 6.45) is 10.1. The normalized spacial score (nSPS) is 26.0. The third kappa shape index (κ3) is 5.36. The molecule has 2 saturated heterocycles. The first-order chi connectivity index (χ1) is 16.8. The number of piperidine rings is 1. The second-order valence-electron chi connectivity index (χ2n) is 10.1. The van der Waals surface area contributed by atoms with Crippen molar-refractivity contribution in [3.63, 3.8) is 0 Å². The number of sulfone groups is 1. The van der Waals surface area contributed by atoms with Crippen molar-refractivity contribution >= 4 is 26.6 Å². The van der Waals surface area contributed by atoms with Crippen LogP contribution in [0.2, 0.25) is 0 Å². The number of aromatic nitrogens is 3. The minimum absolute atomic E-state index is 0.0680. The van der Waals surface area contributed by atoms with Crippen molar-refractivity contribution < 1.29 is 22.3 Å². The molecule has 1 saturated carbocycles. The number of fused-ring (bicyclic) bond motifs is 2. The summed E-state index contributed by atoms with van der Waals surface area (Å²) in [5.41, 5.74) is 0.144. The predicted molar refractivity (Wildman–Crippen MR) is 131 cm³/mol. The summed E-state index contributed by atoms with van der Waals surface area (Å²) in [5.74, 6) is 0.301. The first-order valence-electron chi connectivity index (χ1n) is 12.5. The van der Waals surface area contributed by atoms with Crippen LogP contribution in [0.15, 0.2) is 12.4 Å². The molecule has 11 heteroatoms. The van der Waals surface area contributed by atoms with Gasteiger partial charge in [0.15, 0.2) is 5.82 Å². The van der Waals surface area contributed by atoms with Crippen molar-refractivity contribution in [2.45, 2.75) is 44.6 Å². The van der Waals surface area contributed by atoms with Gasteiger partial charge in [-0.3, -0.25) is 9.88 Å². The molecule has 0 unspecified atom stereocenters. The maximum atomic E-state index is 14.7. The summed E-state index contributed by atoms with van der Waals surface area (Å²) in [5, 5.41) is 0.570. The number of pyridine rings is 1. The molecule has 35 heavy (non-hydrogen) atoms. The fourth-order valence-corrected chi connectivity index (χ4v) is 6.58. The van der Waals surface area contributed by atoms with E-state index in [1.807, 2.05) is 0 Å². The molecular formula is C24H34FN5O4S. The van der Waals surface area contributed by atoms with E-state index in [1.165, 1.54) is 12.5 Å². The Hall–Kier alpha value is -2.11. The average Bonchev–Trinajstić information content (AvgIpc) is 3.08. The molecule has 5 rings (SSSR count). The van der Waals surface area contributed by atoms with E-state index < -0.39 is 15.7 Å². The molecule has 1 aliphatic carbocycles. The van der Waals surface area contributed by atoms with E-state index in [-0.39, 0.29) is 28.7 Å². The summed E-state index contributed by atoms with van der Waals surface area (Å²) < 4.78 is 50.1. The SMILES string of the molecule is CS(=O)(=O)CCN1CCC[C@@]2(COc3nc(N4CCCOCC4)c4cncc(F)c4n3)CCC[C@@H]12. The van der Waals surface area contributed by atoms with Crippen LogP contribution < -0.4 is 9.64 Å². The van der Waals surface area contributed by atoms with Crippen LogP contribution in [0.4, 0.5) is 10.2 Å². The molecule has 3 aliphatic rings. The Balaban J connectivity index is 1.39. The number of hydrogen-bond donors (Lipinski definition) is 0. The molecule has 4 heterocycles. The van der Waals surface area contributed by atoms with Gasteiger partial charge in [-0.05, 0) is 38.6 Å². The van der Waals surface area contributed by atoms with Gasteiger partial charge in [0.1, 0.15) is 21.2 Å². The highest BCUT2D eigenvalue weighted by molar-refractivity contribution is 7.90. The van der Waals surface area contributed by atoms with Gasteiger partial charge in [0.05, 0.1) is 30.5 Å². The lowest BCUT2D eigenvalue weighted by molar-refractivity contribution is 0.00287. The molecule has 0 amide bonds.